The molecule has 0 aromatic rings. The van der Waals surface area contributed by atoms with Crippen LogP contribution in [0.15, 0.2) is 12.2 Å². The first-order chi connectivity index (χ1) is 6.79. The van der Waals surface area contributed by atoms with Gasteiger partial charge in [0, 0.05) is 0 Å². The number of hydrogen-bond acceptors (Lipinski definition) is 2. The van der Waals surface area contributed by atoms with Crippen LogP contribution in [0.1, 0.15) is 13.8 Å². The molecule has 2 rings (SSSR count). The average Bonchev–Trinajstić information content (AvgIpc) is 2.54. The Hall–Kier alpha value is 0.169. The van der Waals surface area contributed by atoms with Gasteiger partial charge < -0.3 is 0 Å². The average molecular weight is 315 g/mol. The second-order valence-corrected chi connectivity index (χ2v) is 21.0. The third-order valence-electron chi connectivity index (χ3n) is 4.05. The van der Waals surface area contributed by atoms with E-state index in [1.165, 1.54) is 0 Å². The number of ketones is 1. The van der Waals surface area contributed by atoms with Crippen LogP contribution in [0.3, 0.4) is 0 Å². The van der Waals surface area contributed by atoms with Gasteiger partial charge in [0.05, 0.1) is 0 Å². The van der Waals surface area contributed by atoms with Gasteiger partial charge in [0.1, 0.15) is 0 Å². The van der Waals surface area contributed by atoms with E-state index in [4.69, 9.17) is 4.74 Å². The van der Waals surface area contributed by atoms with E-state index in [0.29, 0.717) is 5.78 Å². The molecule has 3 heteroatoms. The molecule has 2 bridgehead atoms. The minimum atomic E-state index is -2.29. The van der Waals surface area contributed by atoms with Crippen LogP contribution in [0.5, 0.6) is 0 Å². The van der Waals surface area contributed by atoms with Crippen molar-refractivity contribution in [2.75, 3.05) is 0 Å². The first-order valence-electron chi connectivity index (χ1n) is 5.70. The first kappa shape index (κ1) is 11.6. The summed E-state index contributed by atoms with van der Waals surface area (Å²) in [6.45, 7) is 4.04. The Morgan fingerprint density at radius 1 is 1.33 bits per heavy atom. The Balaban J connectivity index is 2.45. The summed E-state index contributed by atoms with van der Waals surface area (Å²) < 4.78 is 6.03. The van der Waals surface area contributed by atoms with Crippen LogP contribution in [-0.4, -0.2) is 33.9 Å². The molecule has 0 aliphatic carbocycles. The van der Waals surface area contributed by atoms with E-state index in [0.717, 1.165) is 0 Å². The molecular weight excluding hydrogens is 295 g/mol. The van der Waals surface area contributed by atoms with Crippen molar-refractivity contribution in [2.24, 2.45) is 11.8 Å². The molecule has 0 spiro atoms. The summed E-state index contributed by atoms with van der Waals surface area (Å²) >= 11 is -2.29. The zero-order valence-corrected chi connectivity index (χ0v) is 13.1. The fourth-order valence-electron chi connectivity index (χ4n) is 2.90. The Morgan fingerprint density at radius 3 is 2.47 bits per heavy atom. The Bertz CT molecular complexity index is 329. The van der Waals surface area contributed by atoms with E-state index in [1.807, 2.05) is 13.8 Å². The summed E-state index contributed by atoms with van der Waals surface area (Å²) in [5.41, 5.74) is 0. The van der Waals surface area contributed by atoms with Crippen molar-refractivity contribution in [3.8, 4) is 0 Å². The molecule has 15 heavy (non-hydrogen) atoms. The van der Waals surface area contributed by atoms with E-state index in [1.54, 1.807) is 0 Å². The number of fused-ring (bicyclic) bond motifs is 2. The Kier molecular flexibility index (Phi) is 2.58. The van der Waals surface area contributed by atoms with Gasteiger partial charge >= 0.3 is 96.1 Å². The van der Waals surface area contributed by atoms with Gasteiger partial charge in [0.25, 0.3) is 0 Å². The van der Waals surface area contributed by atoms with Crippen molar-refractivity contribution >= 4 is 24.2 Å². The molecule has 0 amide bonds. The molecule has 0 aromatic carbocycles. The molecule has 2 aliphatic heterocycles. The predicted octanol–water partition coefficient (Wildman–Crippen LogP) is 2.41. The summed E-state index contributed by atoms with van der Waals surface area (Å²) in [6.07, 6.45) is 4.37. The van der Waals surface area contributed by atoms with E-state index >= 15 is 0 Å². The second-order valence-electron chi connectivity index (χ2n) is 5.90. The quantitative estimate of drug-likeness (QED) is 0.549. The van der Waals surface area contributed by atoms with Gasteiger partial charge in [0.15, 0.2) is 0 Å². The number of Topliss-reactive ketones (excluding diaryl/α,β-unsaturated/α-hetero) is 1. The fraction of sp³-hybridized carbons (Fsp3) is 0.750. The SMILES string of the molecule is C[C@@H]1C(=O)[C@H](C)[C@@H]2C=C[C@]1([Sn]([CH3])([CH3])[CH3])O2. The normalized spacial score (nSPS) is 44.9. The van der Waals surface area contributed by atoms with Crippen molar-refractivity contribution in [1.82, 2.24) is 0 Å². The third-order valence-corrected chi connectivity index (χ3v) is 12.8. The zero-order valence-electron chi connectivity index (χ0n) is 10.2. The van der Waals surface area contributed by atoms with E-state index in [2.05, 4.69) is 27.0 Å². The zero-order chi connectivity index (χ0) is 11.4. The molecule has 0 unspecified atom stereocenters. The molecule has 4 atom stereocenters. The summed E-state index contributed by atoms with van der Waals surface area (Å²) in [6, 6.07) is 0. The van der Waals surface area contributed by atoms with Crippen LogP contribution in [0, 0.1) is 11.8 Å². The number of carbonyl (C=O) groups is 1. The van der Waals surface area contributed by atoms with E-state index in [-0.39, 0.29) is 21.6 Å². The molecule has 0 radical (unpaired) electrons. The first-order valence-corrected chi connectivity index (χ1v) is 15.7. The van der Waals surface area contributed by atoms with Gasteiger partial charge in [-0.05, 0) is 0 Å². The van der Waals surface area contributed by atoms with Crippen molar-refractivity contribution in [3.05, 3.63) is 12.2 Å². The van der Waals surface area contributed by atoms with Crippen molar-refractivity contribution < 1.29 is 9.53 Å². The maximum atomic E-state index is 12.2. The molecule has 0 saturated carbocycles. The van der Waals surface area contributed by atoms with E-state index < -0.39 is 18.4 Å². The van der Waals surface area contributed by atoms with Crippen molar-refractivity contribution in [3.63, 3.8) is 0 Å². The van der Waals surface area contributed by atoms with Gasteiger partial charge in [-0.3, -0.25) is 0 Å². The molecule has 2 aliphatic rings. The summed E-state index contributed by atoms with van der Waals surface area (Å²) in [4.78, 5) is 19.2. The molecule has 1 fully saturated rings. The number of carbonyl (C=O) groups excluding carboxylic acids is 1. The molecule has 0 N–H and O–H groups in total. The van der Waals surface area contributed by atoms with Gasteiger partial charge in [-0.25, -0.2) is 0 Å². The third kappa shape index (κ3) is 1.44. The molecule has 0 aromatic heterocycles. The van der Waals surface area contributed by atoms with Gasteiger partial charge in [-0.1, -0.05) is 0 Å². The van der Waals surface area contributed by atoms with E-state index in [9.17, 15) is 4.79 Å². The monoisotopic (exact) mass is 316 g/mol. The topological polar surface area (TPSA) is 26.3 Å². The number of ether oxygens (including phenoxy) is 1. The predicted molar refractivity (Wildman–Crippen MR) is 63.4 cm³/mol. The Morgan fingerprint density at radius 2 is 1.93 bits per heavy atom. The van der Waals surface area contributed by atoms with Crippen LogP contribution in [0.4, 0.5) is 0 Å². The van der Waals surface area contributed by atoms with Crippen LogP contribution < -0.4 is 0 Å². The molecule has 84 valence electrons. The van der Waals surface area contributed by atoms with Crippen LogP contribution in [-0.2, 0) is 9.53 Å². The van der Waals surface area contributed by atoms with Crippen LogP contribution in [0.25, 0.3) is 0 Å². The summed E-state index contributed by atoms with van der Waals surface area (Å²) in [5, 5.41) is 0. The molecule has 2 nitrogen and oxygen atoms in total. The fourth-order valence-corrected chi connectivity index (χ4v) is 10.1. The van der Waals surface area contributed by atoms with Gasteiger partial charge in [-0.15, -0.1) is 0 Å². The summed E-state index contributed by atoms with van der Waals surface area (Å²) in [7, 11) is 0. The standard InChI is InChI=1S/C9H11O2.3CH3.Sn/c1-5-7-3-4-8(11-7)6(2)9(5)10;;;;/h3-7H,1-2H3;3*1H3;/t5-,6+,7+;;;;/m1..../s1. The molecule has 1 saturated heterocycles. The molecular formula is C12H20O2Sn. The second kappa shape index (κ2) is 3.33. The van der Waals surface area contributed by atoms with Crippen LogP contribution >= 0.6 is 0 Å². The van der Waals surface area contributed by atoms with Crippen molar-refractivity contribution in [1.29, 1.82) is 0 Å². The Labute approximate surface area is 95.9 Å². The number of hydrogen-bond donors (Lipinski definition) is 0. The van der Waals surface area contributed by atoms with Crippen LogP contribution in [0.2, 0.25) is 14.8 Å². The minimum absolute atomic E-state index is 0.0421. The number of rotatable bonds is 1. The van der Waals surface area contributed by atoms with Crippen molar-refractivity contribution in [2.45, 2.75) is 38.4 Å². The van der Waals surface area contributed by atoms with Gasteiger partial charge in [0.2, 0.25) is 0 Å². The van der Waals surface area contributed by atoms with Gasteiger partial charge in [-0.2, -0.15) is 0 Å². The maximum absolute atomic E-state index is 12.2. The summed E-state index contributed by atoms with van der Waals surface area (Å²) in [5.74, 6) is 0.488. The molecule has 2 heterocycles.